The molecule has 1 amide bonds. The van der Waals surface area contributed by atoms with E-state index in [1.165, 1.54) is 22.6 Å². The fourth-order valence-electron chi connectivity index (χ4n) is 2.66. The number of nitrogens with two attached hydrogens (primary N) is 1. The predicted octanol–water partition coefficient (Wildman–Crippen LogP) is 1.43. The highest BCUT2D eigenvalue weighted by Crippen LogP contribution is 2.22. The SMILES string of the molecule is Cl.NS(=O)(=O)c1cc(C(=O)NCC2NCCc3ccccc32)cs1. The maximum Gasteiger partial charge on any atom is 0.252 e. The number of hydrogen-bond acceptors (Lipinski definition) is 5. The monoisotopic (exact) mass is 387 g/mol. The first-order valence-electron chi connectivity index (χ1n) is 7.16. The number of carbonyl (C=O) groups excluding carboxylic acids is 1. The minimum Gasteiger partial charge on any atom is -0.350 e. The van der Waals surface area contributed by atoms with Crippen molar-refractivity contribution in [2.75, 3.05) is 13.1 Å². The van der Waals surface area contributed by atoms with Crippen LogP contribution in [0.4, 0.5) is 0 Å². The van der Waals surface area contributed by atoms with E-state index in [1.54, 1.807) is 0 Å². The molecular weight excluding hydrogens is 370 g/mol. The van der Waals surface area contributed by atoms with Crippen LogP contribution in [-0.2, 0) is 16.4 Å². The Morgan fingerprint density at radius 3 is 2.83 bits per heavy atom. The normalized spacial score (nSPS) is 16.8. The Kier molecular flexibility index (Phi) is 6.00. The molecule has 0 aliphatic carbocycles. The summed E-state index contributed by atoms with van der Waals surface area (Å²) in [5, 5.41) is 12.8. The van der Waals surface area contributed by atoms with Crippen LogP contribution in [-0.4, -0.2) is 27.4 Å². The first kappa shape index (κ1) is 18.9. The predicted molar refractivity (Wildman–Crippen MR) is 96.2 cm³/mol. The second-order valence-corrected chi connectivity index (χ2v) is 8.06. The standard InChI is InChI=1S/C15H17N3O3S2.ClH/c16-23(20,21)14-7-11(9-22-14)15(19)18-8-13-12-4-2-1-3-10(12)5-6-17-13;/h1-4,7,9,13,17H,5-6,8H2,(H,18,19)(H2,16,20,21);1H. The fraction of sp³-hybridized carbons (Fsp3) is 0.267. The second kappa shape index (κ2) is 7.62. The number of thiophene rings is 1. The third-order valence-corrected chi connectivity index (χ3v) is 6.19. The van der Waals surface area contributed by atoms with Gasteiger partial charge in [0.2, 0.25) is 10.0 Å². The zero-order valence-electron chi connectivity index (χ0n) is 12.7. The Morgan fingerprint density at radius 2 is 2.12 bits per heavy atom. The minimum atomic E-state index is -3.76. The highest BCUT2D eigenvalue weighted by Gasteiger charge is 2.20. The van der Waals surface area contributed by atoms with Crippen molar-refractivity contribution < 1.29 is 13.2 Å². The van der Waals surface area contributed by atoms with E-state index in [4.69, 9.17) is 5.14 Å². The number of primary sulfonamides is 1. The average molecular weight is 388 g/mol. The van der Waals surface area contributed by atoms with E-state index in [-0.39, 0.29) is 28.6 Å². The molecule has 2 aromatic rings. The fourth-order valence-corrected chi connectivity index (χ4v) is 4.24. The van der Waals surface area contributed by atoms with Crippen molar-refractivity contribution in [3.05, 3.63) is 52.4 Å². The van der Waals surface area contributed by atoms with Crippen LogP contribution in [0.5, 0.6) is 0 Å². The lowest BCUT2D eigenvalue weighted by molar-refractivity contribution is 0.0949. The topological polar surface area (TPSA) is 101 Å². The highest BCUT2D eigenvalue weighted by atomic mass is 35.5. The molecule has 1 aromatic carbocycles. The van der Waals surface area contributed by atoms with Crippen molar-refractivity contribution in [1.82, 2.24) is 10.6 Å². The van der Waals surface area contributed by atoms with Gasteiger partial charge in [-0.05, 0) is 30.2 Å². The number of carbonyl (C=O) groups is 1. The molecule has 4 N–H and O–H groups in total. The summed E-state index contributed by atoms with van der Waals surface area (Å²) in [4.78, 5) is 12.2. The van der Waals surface area contributed by atoms with Gasteiger partial charge in [-0.1, -0.05) is 24.3 Å². The van der Waals surface area contributed by atoms with Crippen LogP contribution >= 0.6 is 23.7 Å². The minimum absolute atomic E-state index is 0. The van der Waals surface area contributed by atoms with Gasteiger partial charge in [-0.2, -0.15) is 0 Å². The summed E-state index contributed by atoms with van der Waals surface area (Å²) in [7, 11) is -3.76. The van der Waals surface area contributed by atoms with Crippen LogP contribution in [0.1, 0.15) is 27.5 Å². The molecule has 24 heavy (non-hydrogen) atoms. The second-order valence-electron chi connectivity index (χ2n) is 5.36. The van der Waals surface area contributed by atoms with Crippen molar-refractivity contribution in [3.8, 4) is 0 Å². The smallest absolute Gasteiger partial charge is 0.252 e. The zero-order chi connectivity index (χ0) is 16.4. The van der Waals surface area contributed by atoms with Crippen LogP contribution in [0.25, 0.3) is 0 Å². The van der Waals surface area contributed by atoms with Crippen molar-refractivity contribution in [2.45, 2.75) is 16.7 Å². The van der Waals surface area contributed by atoms with E-state index < -0.39 is 10.0 Å². The lowest BCUT2D eigenvalue weighted by atomic mass is 9.94. The summed E-state index contributed by atoms with van der Waals surface area (Å²) < 4.78 is 22.5. The quantitative estimate of drug-likeness (QED) is 0.738. The molecule has 1 aliphatic rings. The third kappa shape index (κ3) is 4.14. The Balaban J connectivity index is 0.00000208. The van der Waals surface area contributed by atoms with Crippen LogP contribution in [0, 0.1) is 0 Å². The zero-order valence-corrected chi connectivity index (χ0v) is 15.1. The molecule has 1 atom stereocenters. The van der Waals surface area contributed by atoms with E-state index in [9.17, 15) is 13.2 Å². The number of fused-ring (bicyclic) bond motifs is 1. The molecule has 0 radical (unpaired) electrons. The van der Waals surface area contributed by atoms with Crippen LogP contribution in [0.15, 0.2) is 39.9 Å². The molecule has 0 saturated heterocycles. The maximum atomic E-state index is 12.2. The molecule has 0 fully saturated rings. The average Bonchev–Trinajstić information content (AvgIpc) is 3.03. The van der Waals surface area contributed by atoms with Crippen LogP contribution < -0.4 is 15.8 Å². The van der Waals surface area contributed by atoms with E-state index in [0.29, 0.717) is 12.1 Å². The van der Waals surface area contributed by atoms with Gasteiger partial charge in [-0.3, -0.25) is 4.79 Å². The van der Waals surface area contributed by atoms with Gasteiger partial charge < -0.3 is 10.6 Å². The van der Waals surface area contributed by atoms with Crippen molar-refractivity contribution >= 4 is 39.7 Å². The Labute approximate surface area is 150 Å². The molecule has 0 saturated carbocycles. The summed E-state index contributed by atoms with van der Waals surface area (Å²) in [6.45, 7) is 1.31. The molecule has 130 valence electrons. The first-order chi connectivity index (χ1) is 10.9. The van der Waals surface area contributed by atoms with E-state index in [1.807, 2.05) is 12.1 Å². The van der Waals surface area contributed by atoms with E-state index in [0.717, 1.165) is 24.3 Å². The van der Waals surface area contributed by atoms with Gasteiger partial charge in [-0.25, -0.2) is 13.6 Å². The van der Waals surface area contributed by atoms with Gasteiger partial charge in [-0.15, -0.1) is 23.7 Å². The third-order valence-electron chi connectivity index (χ3n) is 3.80. The number of hydrogen-bond donors (Lipinski definition) is 3. The summed E-state index contributed by atoms with van der Waals surface area (Å²) in [5.74, 6) is -0.305. The van der Waals surface area contributed by atoms with E-state index >= 15 is 0 Å². The maximum absolute atomic E-state index is 12.2. The van der Waals surface area contributed by atoms with Crippen LogP contribution in [0.3, 0.4) is 0 Å². The van der Waals surface area contributed by atoms with Gasteiger partial charge in [0, 0.05) is 18.0 Å². The Bertz CT molecular complexity index is 836. The number of benzene rings is 1. The van der Waals surface area contributed by atoms with Crippen molar-refractivity contribution in [1.29, 1.82) is 0 Å². The number of sulfonamides is 1. The van der Waals surface area contributed by atoms with Gasteiger partial charge in [0.1, 0.15) is 4.21 Å². The lowest BCUT2D eigenvalue weighted by Gasteiger charge is -2.27. The molecule has 6 nitrogen and oxygen atoms in total. The van der Waals surface area contributed by atoms with Gasteiger partial charge in [0.25, 0.3) is 5.91 Å². The molecule has 2 heterocycles. The molecule has 0 bridgehead atoms. The molecule has 1 aliphatic heterocycles. The molecule has 0 spiro atoms. The number of rotatable bonds is 4. The largest absolute Gasteiger partial charge is 0.350 e. The Morgan fingerprint density at radius 1 is 1.38 bits per heavy atom. The summed E-state index contributed by atoms with van der Waals surface area (Å²) >= 11 is 0.945. The molecule has 9 heteroatoms. The molecule has 3 rings (SSSR count). The van der Waals surface area contributed by atoms with Gasteiger partial charge in [0.15, 0.2) is 0 Å². The van der Waals surface area contributed by atoms with Crippen molar-refractivity contribution in [3.63, 3.8) is 0 Å². The summed E-state index contributed by atoms with van der Waals surface area (Å²) in [6.07, 6.45) is 0.975. The highest BCUT2D eigenvalue weighted by molar-refractivity contribution is 7.91. The number of halogens is 1. The van der Waals surface area contributed by atoms with Crippen molar-refractivity contribution in [2.24, 2.45) is 5.14 Å². The first-order valence-corrected chi connectivity index (χ1v) is 9.58. The van der Waals surface area contributed by atoms with Gasteiger partial charge in [0.05, 0.1) is 5.56 Å². The van der Waals surface area contributed by atoms with Crippen LogP contribution in [0.2, 0.25) is 0 Å². The Hall–Kier alpha value is -1.45. The summed E-state index contributed by atoms with van der Waals surface area (Å²) in [5.41, 5.74) is 2.79. The number of amides is 1. The lowest BCUT2D eigenvalue weighted by Crippen LogP contribution is -2.38. The molecular formula is C15H18ClN3O3S2. The molecule has 1 unspecified atom stereocenters. The number of nitrogens with one attached hydrogen (secondary N) is 2. The summed E-state index contributed by atoms with van der Waals surface area (Å²) in [6, 6.07) is 9.51. The van der Waals surface area contributed by atoms with Gasteiger partial charge >= 0.3 is 0 Å². The molecule has 1 aromatic heterocycles. The van der Waals surface area contributed by atoms with E-state index in [2.05, 4.69) is 22.8 Å².